The molecule has 0 aromatic heterocycles. The molecule has 0 heterocycles. The molecule has 5 aromatic carbocycles. The van der Waals surface area contributed by atoms with Gasteiger partial charge in [0, 0.05) is 5.56 Å². The molecule has 212 valence electrons. The maximum Gasteiger partial charge on any atom is 0.457 e. The number of carbonyl (C=O) groups excluding carboxylic acids is 1. The number of nitrogens with one attached hydrogen (secondary N) is 1. The van der Waals surface area contributed by atoms with Crippen molar-refractivity contribution in [2.24, 2.45) is 11.5 Å². The molecule has 0 saturated heterocycles. The number of hydrogen-bond donors (Lipinski definition) is 3. The van der Waals surface area contributed by atoms with Gasteiger partial charge >= 0.3 is 7.60 Å². The Morgan fingerprint density at radius 2 is 1.07 bits per heavy atom. The number of rotatable bonds is 11. The fourth-order valence-electron chi connectivity index (χ4n) is 4.16. The monoisotopic (exact) mass is 579 g/mol. The van der Waals surface area contributed by atoms with E-state index >= 15 is 0 Å². The lowest BCUT2D eigenvalue weighted by Gasteiger charge is -2.28. The molecule has 1 unspecified atom stereocenters. The predicted molar refractivity (Wildman–Crippen MR) is 162 cm³/mol. The fraction of sp³-hybridized carbons (Fsp3) is 0.0606. The van der Waals surface area contributed by atoms with Gasteiger partial charge < -0.3 is 30.6 Å². The molecule has 5 N–H and O–H groups in total. The molecule has 0 aliphatic heterocycles. The van der Waals surface area contributed by atoms with Crippen LogP contribution in [0.5, 0.6) is 23.0 Å². The highest BCUT2D eigenvalue weighted by Gasteiger charge is 2.42. The van der Waals surface area contributed by atoms with Crippen LogP contribution in [0.1, 0.15) is 33.4 Å². The molecule has 5 rings (SSSR count). The van der Waals surface area contributed by atoms with Crippen molar-refractivity contribution in [3.8, 4) is 23.0 Å². The van der Waals surface area contributed by atoms with Crippen LogP contribution in [0.4, 0.5) is 0 Å². The number of para-hydroxylation sites is 3. The first-order chi connectivity index (χ1) is 20.4. The molecule has 0 radical (unpaired) electrons. The van der Waals surface area contributed by atoms with Crippen LogP contribution in [0.25, 0.3) is 0 Å². The van der Waals surface area contributed by atoms with Crippen molar-refractivity contribution in [1.82, 2.24) is 5.32 Å². The van der Waals surface area contributed by atoms with Gasteiger partial charge in [-0.05, 0) is 65.7 Å². The van der Waals surface area contributed by atoms with E-state index in [9.17, 15) is 9.36 Å². The van der Waals surface area contributed by atoms with Crippen LogP contribution in [0.15, 0.2) is 140 Å². The van der Waals surface area contributed by atoms with Gasteiger partial charge in [0.1, 0.15) is 23.0 Å². The molecule has 5 aromatic rings. The zero-order valence-corrected chi connectivity index (χ0v) is 23.5. The molecular weight excluding hydrogens is 549 g/mol. The summed E-state index contributed by atoms with van der Waals surface area (Å²) in [6.45, 7) is 0. The van der Waals surface area contributed by atoms with Gasteiger partial charge in [0.2, 0.25) is 0 Å². The summed E-state index contributed by atoms with van der Waals surface area (Å²) in [6, 6.07) is 40.1. The van der Waals surface area contributed by atoms with Gasteiger partial charge in [-0.1, -0.05) is 84.9 Å². The first kappa shape index (κ1) is 28.6. The van der Waals surface area contributed by atoms with Crippen LogP contribution < -0.4 is 30.6 Å². The van der Waals surface area contributed by atoms with Crippen molar-refractivity contribution in [1.29, 1.82) is 0 Å². The Hall–Kier alpha value is -4.88. The van der Waals surface area contributed by atoms with Crippen LogP contribution in [0.3, 0.4) is 0 Å². The number of ether oxygens (including phenoxy) is 1. The highest BCUT2D eigenvalue weighted by molar-refractivity contribution is 7.55. The van der Waals surface area contributed by atoms with Crippen molar-refractivity contribution in [2.75, 3.05) is 0 Å². The minimum atomic E-state index is -4.20. The maximum absolute atomic E-state index is 14.8. The van der Waals surface area contributed by atoms with Gasteiger partial charge in [-0.2, -0.15) is 0 Å². The Balaban J connectivity index is 1.52. The average molecular weight is 580 g/mol. The number of benzene rings is 5. The number of carbonyl (C=O) groups is 1. The minimum absolute atomic E-state index is 0.292. The van der Waals surface area contributed by atoms with Gasteiger partial charge in [0.15, 0.2) is 5.78 Å². The molecule has 0 aliphatic rings. The first-order valence-corrected chi connectivity index (χ1v) is 14.8. The molecule has 0 fully saturated rings. The molecule has 1 amide bonds. The smallest absolute Gasteiger partial charge is 0.457 e. The van der Waals surface area contributed by atoms with Crippen LogP contribution in [0, 0.1) is 0 Å². The van der Waals surface area contributed by atoms with E-state index in [4.69, 9.17) is 25.3 Å². The molecule has 8 nitrogen and oxygen atoms in total. The quantitative estimate of drug-likeness (QED) is 0.112. The van der Waals surface area contributed by atoms with Crippen molar-refractivity contribution >= 4 is 13.5 Å². The van der Waals surface area contributed by atoms with E-state index in [2.05, 4.69) is 5.32 Å². The summed E-state index contributed by atoms with van der Waals surface area (Å²) in [6.07, 6.45) is -0.701. The standard InChI is InChI=1S/C33H30N3O5P/c34-31(35)24-19-21-25(22-20-24)33(36-32(37)26-11-10-18-30(23-26)39-27-12-4-1-5-13-27)42(38,40-28-14-6-2-7-15-28)41-29-16-8-3-9-17-29/h1-23,31,33H,34-35H2,(H,36,37). The third-order valence-electron chi connectivity index (χ3n) is 6.25. The molecule has 0 bridgehead atoms. The van der Waals surface area contributed by atoms with Gasteiger partial charge in [0.25, 0.3) is 5.91 Å². The van der Waals surface area contributed by atoms with Crippen LogP contribution >= 0.6 is 7.60 Å². The third-order valence-corrected chi connectivity index (χ3v) is 8.24. The molecule has 1 atom stereocenters. The lowest BCUT2D eigenvalue weighted by atomic mass is 10.1. The topological polar surface area (TPSA) is 126 Å². The Morgan fingerprint density at radius 1 is 0.595 bits per heavy atom. The largest absolute Gasteiger partial charge is 0.457 e. The average Bonchev–Trinajstić information content (AvgIpc) is 3.01. The SMILES string of the molecule is NC(N)c1ccc(C(NC(=O)c2cccc(Oc3ccccc3)c2)P(=O)(Oc2ccccc2)Oc2ccccc2)cc1. The van der Waals surface area contributed by atoms with Crippen molar-refractivity contribution < 1.29 is 23.1 Å². The second kappa shape index (κ2) is 13.2. The number of nitrogens with two attached hydrogens (primary N) is 2. The molecule has 0 spiro atoms. The summed E-state index contributed by atoms with van der Waals surface area (Å²) in [5.74, 6) is 0.00247. The third kappa shape index (κ3) is 7.25. The minimum Gasteiger partial charge on any atom is -0.457 e. The van der Waals surface area contributed by atoms with Crippen molar-refractivity contribution in [3.63, 3.8) is 0 Å². The summed E-state index contributed by atoms with van der Waals surface area (Å²) < 4.78 is 32.9. The van der Waals surface area contributed by atoms with E-state index in [1.807, 2.05) is 42.5 Å². The lowest BCUT2D eigenvalue weighted by molar-refractivity contribution is 0.0943. The van der Waals surface area contributed by atoms with Gasteiger partial charge in [-0.25, -0.2) is 4.57 Å². The Labute approximate surface area is 244 Å². The zero-order valence-electron chi connectivity index (χ0n) is 22.6. The van der Waals surface area contributed by atoms with Gasteiger partial charge in [-0.15, -0.1) is 0 Å². The Kier molecular flexibility index (Phi) is 8.99. The van der Waals surface area contributed by atoms with Crippen molar-refractivity contribution in [2.45, 2.75) is 11.9 Å². The molecule has 0 saturated carbocycles. The predicted octanol–water partition coefficient (Wildman–Crippen LogP) is 7.17. The van der Waals surface area contributed by atoms with Crippen molar-refractivity contribution in [3.05, 3.63) is 156 Å². The molecule has 42 heavy (non-hydrogen) atoms. The maximum atomic E-state index is 14.8. The van der Waals surface area contributed by atoms with E-state index in [1.54, 1.807) is 97.1 Å². The highest BCUT2D eigenvalue weighted by Crippen LogP contribution is 2.59. The second-order valence-corrected chi connectivity index (χ2v) is 11.3. The summed E-state index contributed by atoms with van der Waals surface area (Å²) in [4.78, 5) is 13.7. The van der Waals surface area contributed by atoms with E-state index < -0.39 is 25.5 Å². The number of hydrogen-bond acceptors (Lipinski definition) is 7. The van der Waals surface area contributed by atoms with Crippen LogP contribution in [-0.2, 0) is 4.57 Å². The summed E-state index contributed by atoms with van der Waals surface area (Å²) in [7, 11) is -4.20. The number of amides is 1. The van der Waals surface area contributed by atoms with Crippen LogP contribution in [0.2, 0.25) is 0 Å². The Bertz CT molecular complexity index is 1600. The zero-order chi connectivity index (χ0) is 29.4. The second-order valence-electron chi connectivity index (χ2n) is 9.36. The van der Waals surface area contributed by atoms with E-state index in [0.29, 0.717) is 39.7 Å². The van der Waals surface area contributed by atoms with E-state index in [0.717, 1.165) is 0 Å². The lowest BCUT2D eigenvalue weighted by Crippen LogP contribution is -2.31. The van der Waals surface area contributed by atoms with Gasteiger partial charge in [-0.3, -0.25) is 4.79 Å². The van der Waals surface area contributed by atoms with Gasteiger partial charge in [0.05, 0.1) is 6.17 Å². The first-order valence-electron chi connectivity index (χ1n) is 13.2. The summed E-state index contributed by atoms with van der Waals surface area (Å²) in [5, 5.41) is 2.90. The normalized spacial score (nSPS) is 11.9. The highest BCUT2D eigenvalue weighted by atomic mass is 31.2. The molecular formula is C33H30N3O5P. The fourth-order valence-corrected chi connectivity index (χ4v) is 6.05. The van der Waals surface area contributed by atoms with E-state index in [-0.39, 0.29) is 0 Å². The van der Waals surface area contributed by atoms with Crippen LogP contribution in [-0.4, -0.2) is 5.91 Å². The molecule has 9 heteroatoms. The summed E-state index contributed by atoms with van der Waals surface area (Å²) >= 11 is 0. The van der Waals surface area contributed by atoms with E-state index in [1.165, 1.54) is 0 Å². The summed E-state index contributed by atoms with van der Waals surface area (Å²) in [5.41, 5.74) is 13.1. The molecule has 0 aliphatic carbocycles. The Morgan fingerprint density at radius 3 is 1.60 bits per heavy atom.